The Labute approximate surface area is 155 Å². The third-order valence-corrected chi connectivity index (χ3v) is 4.46. The fraction of sp³-hybridized carbons (Fsp3) is 0.143. The van der Waals surface area contributed by atoms with Crippen molar-refractivity contribution in [1.29, 1.82) is 0 Å². The lowest BCUT2D eigenvalue weighted by Crippen LogP contribution is -2.41. The van der Waals surface area contributed by atoms with Crippen molar-refractivity contribution < 1.29 is 0 Å². The number of pyridine rings is 2. The third-order valence-electron chi connectivity index (χ3n) is 4.46. The van der Waals surface area contributed by atoms with Crippen LogP contribution >= 0.6 is 0 Å². The highest BCUT2D eigenvalue weighted by Crippen LogP contribution is 2.10. The fourth-order valence-electron chi connectivity index (χ4n) is 3.18. The Bertz CT molecular complexity index is 1230. The van der Waals surface area contributed by atoms with E-state index in [2.05, 4.69) is 9.97 Å². The van der Waals surface area contributed by atoms with Gasteiger partial charge in [-0.2, -0.15) is 0 Å². The molecule has 0 amide bonds. The van der Waals surface area contributed by atoms with Gasteiger partial charge in [0.25, 0.3) is 5.56 Å². The lowest BCUT2D eigenvalue weighted by atomic mass is 10.1. The molecular formula is C21H18N4O2. The zero-order valence-electron chi connectivity index (χ0n) is 14.9. The molecule has 4 rings (SSSR count). The average molecular weight is 358 g/mol. The van der Waals surface area contributed by atoms with E-state index in [9.17, 15) is 9.59 Å². The molecule has 4 aromatic rings. The molecule has 0 aliphatic heterocycles. The lowest BCUT2D eigenvalue weighted by Gasteiger charge is -2.14. The molecule has 0 unspecified atom stereocenters. The van der Waals surface area contributed by atoms with Gasteiger partial charge in [0.05, 0.1) is 24.3 Å². The average Bonchev–Trinajstić information content (AvgIpc) is 2.69. The fourth-order valence-corrected chi connectivity index (χ4v) is 3.18. The maximum atomic E-state index is 13.2. The normalized spacial score (nSPS) is 11.0. The molecule has 0 spiro atoms. The second-order valence-electron chi connectivity index (χ2n) is 6.44. The van der Waals surface area contributed by atoms with Gasteiger partial charge in [0.15, 0.2) is 5.52 Å². The number of aryl methyl sites for hydroxylation is 1. The highest BCUT2D eigenvalue weighted by Gasteiger charge is 2.15. The Morgan fingerprint density at radius 1 is 0.852 bits per heavy atom. The molecule has 0 aliphatic carbocycles. The number of fused-ring (bicyclic) bond motifs is 1. The van der Waals surface area contributed by atoms with E-state index in [0.29, 0.717) is 17.8 Å². The zero-order chi connectivity index (χ0) is 18.8. The topological polar surface area (TPSA) is 69.8 Å². The monoisotopic (exact) mass is 358 g/mol. The maximum absolute atomic E-state index is 13.2. The molecule has 0 atom stereocenters. The second-order valence-corrected chi connectivity index (χ2v) is 6.44. The molecular weight excluding hydrogens is 340 g/mol. The summed E-state index contributed by atoms with van der Waals surface area (Å²) in [7, 11) is 0. The first-order valence-corrected chi connectivity index (χ1v) is 8.67. The van der Waals surface area contributed by atoms with Crippen molar-refractivity contribution in [3.63, 3.8) is 0 Å². The largest absolute Gasteiger partial charge is 0.332 e. The van der Waals surface area contributed by atoms with E-state index >= 15 is 0 Å². The molecule has 0 bridgehead atoms. The summed E-state index contributed by atoms with van der Waals surface area (Å²) in [5.74, 6) is 0. The SMILES string of the molecule is Cc1cccc(Cn2c(=O)n(Cc3ccccn3)c(=O)c3ncccc32)c1. The van der Waals surface area contributed by atoms with E-state index in [-0.39, 0.29) is 17.8 Å². The van der Waals surface area contributed by atoms with Gasteiger partial charge in [0, 0.05) is 12.4 Å². The summed E-state index contributed by atoms with van der Waals surface area (Å²) >= 11 is 0. The standard InChI is InChI=1S/C21H18N4O2/c1-15-6-4-7-16(12-15)13-24-18-9-5-11-23-19(18)20(26)25(21(24)27)14-17-8-2-3-10-22-17/h2-12H,13-14H2,1H3. The van der Waals surface area contributed by atoms with Crippen LogP contribution in [-0.4, -0.2) is 19.1 Å². The van der Waals surface area contributed by atoms with Crippen molar-refractivity contribution >= 4 is 11.0 Å². The first kappa shape index (κ1) is 16.9. The van der Waals surface area contributed by atoms with Gasteiger partial charge in [0.2, 0.25) is 0 Å². The van der Waals surface area contributed by atoms with E-state index in [0.717, 1.165) is 11.1 Å². The molecule has 6 heteroatoms. The molecule has 0 saturated heterocycles. The number of rotatable bonds is 4. The predicted octanol–water partition coefficient (Wildman–Crippen LogP) is 2.36. The van der Waals surface area contributed by atoms with Crippen LogP contribution in [0.5, 0.6) is 0 Å². The van der Waals surface area contributed by atoms with E-state index < -0.39 is 5.56 Å². The minimum atomic E-state index is -0.401. The number of benzene rings is 1. The van der Waals surface area contributed by atoms with Crippen molar-refractivity contribution in [3.8, 4) is 0 Å². The summed E-state index contributed by atoms with van der Waals surface area (Å²) in [4.78, 5) is 34.5. The summed E-state index contributed by atoms with van der Waals surface area (Å²) < 4.78 is 2.80. The summed E-state index contributed by atoms with van der Waals surface area (Å²) in [5.41, 5.74) is 2.80. The lowest BCUT2D eigenvalue weighted by molar-refractivity contribution is 0.625. The smallest absolute Gasteiger partial charge is 0.287 e. The first-order chi connectivity index (χ1) is 13.1. The Balaban J connectivity index is 1.92. The van der Waals surface area contributed by atoms with Crippen LogP contribution in [0.3, 0.4) is 0 Å². The number of nitrogens with zero attached hydrogens (tertiary/aromatic N) is 4. The van der Waals surface area contributed by atoms with Gasteiger partial charge < -0.3 is 0 Å². The van der Waals surface area contributed by atoms with Crippen LogP contribution in [-0.2, 0) is 13.1 Å². The quantitative estimate of drug-likeness (QED) is 0.562. The van der Waals surface area contributed by atoms with E-state index in [1.54, 1.807) is 41.2 Å². The van der Waals surface area contributed by atoms with E-state index in [1.807, 2.05) is 37.3 Å². The van der Waals surface area contributed by atoms with E-state index in [4.69, 9.17) is 0 Å². The van der Waals surface area contributed by atoms with Crippen molar-refractivity contribution in [3.05, 3.63) is 105 Å². The molecule has 0 radical (unpaired) electrons. The molecule has 0 saturated carbocycles. The Hall–Kier alpha value is -3.54. The Morgan fingerprint density at radius 2 is 1.70 bits per heavy atom. The molecule has 3 aromatic heterocycles. The highest BCUT2D eigenvalue weighted by molar-refractivity contribution is 5.73. The van der Waals surface area contributed by atoms with Gasteiger partial charge in [-0.3, -0.25) is 18.9 Å². The van der Waals surface area contributed by atoms with Gasteiger partial charge in [0.1, 0.15) is 0 Å². The Morgan fingerprint density at radius 3 is 2.48 bits per heavy atom. The van der Waals surface area contributed by atoms with Crippen LogP contribution in [0.15, 0.2) is 76.6 Å². The minimum absolute atomic E-state index is 0.110. The van der Waals surface area contributed by atoms with Gasteiger partial charge in [-0.25, -0.2) is 9.78 Å². The number of hydrogen-bond donors (Lipinski definition) is 0. The van der Waals surface area contributed by atoms with Gasteiger partial charge in [-0.05, 0) is 36.8 Å². The van der Waals surface area contributed by atoms with Crippen LogP contribution in [0.25, 0.3) is 11.0 Å². The molecule has 0 aliphatic rings. The summed E-state index contributed by atoms with van der Waals surface area (Å²) in [5, 5.41) is 0. The van der Waals surface area contributed by atoms with Crippen molar-refractivity contribution in [1.82, 2.24) is 19.1 Å². The van der Waals surface area contributed by atoms with Gasteiger partial charge in [-0.15, -0.1) is 0 Å². The first-order valence-electron chi connectivity index (χ1n) is 8.67. The molecule has 6 nitrogen and oxygen atoms in total. The molecule has 27 heavy (non-hydrogen) atoms. The van der Waals surface area contributed by atoms with Gasteiger partial charge in [-0.1, -0.05) is 35.9 Å². The van der Waals surface area contributed by atoms with Crippen molar-refractivity contribution in [2.75, 3.05) is 0 Å². The Kier molecular flexibility index (Phi) is 4.38. The maximum Gasteiger partial charge on any atom is 0.332 e. The van der Waals surface area contributed by atoms with Gasteiger partial charge >= 0.3 is 5.69 Å². The van der Waals surface area contributed by atoms with Crippen LogP contribution < -0.4 is 11.2 Å². The summed E-state index contributed by atoms with van der Waals surface area (Å²) in [6.07, 6.45) is 3.21. The van der Waals surface area contributed by atoms with Crippen LogP contribution in [0, 0.1) is 6.92 Å². The second kappa shape index (κ2) is 6.99. The number of hydrogen-bond acceptors (Lipinski definition) is 4. The van der Waals surface area contributed by atoms with Crippen molar-refractivity contribution in [2.45, 2.75) is 20.0 Å². The summed E-state index contributed by atoms with van der Waals surface area (Å²) in [6.45, 7) is 2.48. The van der Waals surface area contributed by atoms with Crippen LogP contribution in [0.2, 0.25) is 0 Å². The minimum Gasteiger partial charge on any atom is -0.287 e. The molecule has 134 valence electrons. The zero-order valence-corrected chi connectivity index (χ0v) is 14.9. The number of aromatic nitrogens is 4. The van der Waals surface area contributed by atoms with Crippen LogP contribution in [0.1, 0.15) is 16.8 Å². The molecule has 1 aromatic carbocycles. The third kappa shape index (κ3) is 3.29. The predicted molar refractivity (Wildman–Crippen MR) is 104 cm³/mol. The highest BCUT2D eigenvalue weighted by atomic mass is 16.2. The molecule has 0 fully saturated rings. The molecule has 0 N–H and O–H groups in total. The van der Waals surface area contributed by atoms with Crippen LogP contribution in [0.4, 0.5) is 0 Å². The summed E-state index contributed by atoms with van der Waals surface area (Å²) in [6, 6.07) is 16.9. The van der Waals surface area contributed by atoms with E-state index in [1.165, 1.54) is 4.57 Å². The molecule has 3 heterocycles. The van der Waals surface area contributed by atoms with Crippen molar-refractivity contribution in [2.24, 2.45) is 0 Å².